The number of hydrogen-bond acceptors (Lipinski definition) is 3. The minimum absolute atomic E-state index is 0.0333. The molecule has 0 saturated heterocycles. The highest BCUT2D eigenvalue weighted by atomic mass is 32.2. The van der Waals surface area contributed by atoms with Crippen LogP contribution in [0.3, 0.4) is 0 Å². The number of fused-ring (bicyclic) bond motifs is 1. The van der Waals surface area contributed by atoms with Crippen LogP contribution in [0.5, 0.6) is 5.75 Å². The Balaban J connectivity index is 2.24. The van der Waals surface area contributed by atoms with Crippen LogP contribution in [-0.2, 0) is 16.9 Å². The Labute approximate surface area is 168 Å². The van der Waals surface area contributed by atoms with E-state index in [-0.39, 0.29) is 21.1 Å². The summed E-state index contributed by atoms with van der Waals surface area (Å²) in [5.41, 5.74) is 3.18. The van der Waals surface area contributed by atoms with Gasteiger partial charge in [0.05, 0.1) is 16.9 Å². The van der Waals surface area contributed by atoms with E-state index < -0.39 is 9.84 Å². The van der Waals surface area contributed by atoms with Crippen LogP contribution in [0.25, 0.3) is 10.9 Å². The fourth-order valence-corrected chi connectivity index (χ4v) is 4.85. The Hall–Kier alpha value is -2.27. The van der Waals surface area contributed by atoms with Gasteiger partial charge >= 0.3 is 0 Å². The number of sulfone groups is 1. The standard InChI is InChI=1S/C23H28NO3S/c1-15(23(3,4)5)22-16(2)24(6)21-12-11-19(14-20(21)22)28(25,26)18-10-8-9-17(13-18)27-7/h8-15H,1H2,2-7H3. The van der Waals surface area contributed by atoms with E-state index in [1.165, 1.54) is 7.11 Å². The molecule has 0 bridgehead atoms. The van der Waals surface area contributed by atoms with Crippen molar-refractivity contribution in [3.8, 4) is 5.75 Å². The van der Waals surface area contributed by atoms with Crippen molar-refractivity contribution in [3.63, 3.8) is 0 Å². The van der Waals surface area contributed by atoms with Gasteiger partial charge in [-0.1, -0.05) is 26.8 Å². The van der Waals surface area contributed by atoms with Crippen LogP contribution in [0, 0.1) is 19.3 Å². The molecule has 0 saturated carbocycles. The summed E-state index contributed by atoms with van der Waals surface area (Å²) in [5.74, 6) is 0.551. The quantitative estimate of drug-likeness (QED) is 0.600. The van der Waals surface area contributed by atoms with Gasteiger partial charge in [-0.15, -0.1) is 0 Å². The Kier molecular flexibility index (Phi) is 5.09. The van der Waals surface area contributed by atoms with E-state index in [0.29, 0.717) is 5.75 Å². The number of aryl methyl sites for hydroxylation is 1. The van der Waals surface area contributed by atoms with Crippen LogP contribution in [0.4, 0.5) is 0 Å². The zero-order valence-corrected chi connectivity index (χ0v) is 18.2. The molecule has 5 heteroatoms. The van der Waals surface area contributed by atoms with E-state index in [1.807, 2.05) is 13.1 Å². The van der Waals surface area contributed by atoms with Gasteiger partial charge in [-0.2, -0.15) is 0 Å². The van der Waals surface area contributed by atoms with Gasteiger partial charge in [0.2, 0.25) is 9.84 Å². The molecule has 1 radical (unpaired) electrons. The maximum Gasteiger partial charge on any atom is 0.206 e. The third kappa shape index (κ3) is 3.32. The lowest BCUT2D eigenvalue weighted by atomic mass is 9.77. The van der Waals surface area contributed by atoms with E-state index in [2.05, 4.69) is 39.2 Å². The van der Waals surface area contributed by atoms with E-state index >= 15 is 0 Å². The van der Waals surface area contributed by atoms with Crippen molar-refractivity contribution >= 4 is 20.7 Å². The first-order valence-corrected chi connectivity index (χ1v) is 10.8. The average Bonchev–Trinajstić information content (AvgIpc) is 2.90. The fourth-order valence-electron chi connectivity index (χ4n) is 3.52. The van der Waals surface area contributed by atoms with E-state index in [0.717, 1.165) is 22.2 Å². The van der Waals surface area contributed by atoms with Crippen molar-refractivity contribution < 1.29 is 13.2 Å². The number of nitrogens with zero attached hydrogens (tertiary/aromatic N) is 1. The van der Waals surface area contributed by atoms with Gasteiger partial charge in [0.1, 0.15) is 5.75 Å². The summed E-state index contributed by atoms with van der Waals surface area (Å²) in [6, 6.07) is 11.9. The number of benzene rings is 2. The van der Waals surface area contributed by atoms with Gasteiger partial charge in [0, 0.05) is 23.6 Å². The van der Waals surface area contributed by atoms with Crippen LogP contribution in [0.15, 0.2) is 52.3 Å². The zero-order valence-electron chi connectivity index (χ0n) is 17.4. The smallest absolute Gasteiger partial charge is 0.206 e. The maximum atomic E-state index is 13.2. The van der Waals surface area contributed by atoms with Crippen molar-refractivity contribution in [2.75, 3.05) is 7.11 Å². The van der Waals surface area contributed by atoms with Gasteiger partial charge in [-0.3, -0.25) is 0 Å². The van der Waals surface area contributed by atoms with Crippen LogP contribution < -0.4 is 4.74 Å². The molecule has 0 amide bonds. The largest absolute Gasteiger partial charge is 0.497 e. The third-order valence-corrected chi connectivity index (χ3v) is 7.32. The molecule has 1 aromatic heterocycles. The molecule has 2 aromatic carbocycles. The molecule has 0 fully saturated rings. The number of hydrogen-bond donors (Lipinski definition) is 0. The molecule has 4 nitrogen and oxygen atoms in total. The first kappa shape index (κ1) is 20.5. The topological polar surface area (TPSA) is 48.3 Å². The molecule has 149 valence electrons. The average molecular weight is 399 g/mol. The van der Waals surface area contributed by atoms with E-state index in [4.69, 9.17) is 4.74 Å². The van der Waals surface area contributed by atoms with Gasteiger partial charge in [0.15, 0.2) is 0 Å². The highest BCUT2D eigenvalue weighted by Gasteiger charge is 2.28. The molecule has 1 atom stereocenters. The monoisotopic (exact) mass is 398 g/mol. The zero-order chi connectivity index (χ0) is 20.9. The number of ether oxygens (including phenoxy) is 1. The predicted molar refractivity (Wildman–Crippen MR) is 114 cm³/mol. The van der Waals surface area contributed by atoms with Crippen LogP contribution >= 0.6 is 0 Å². The summed E-state index contributed by atoms with van der Waals surface area (Å²) in [5, 5.41) is 0.943. The van der Waals surface area contributed by atoms with Crippen LogP contribution in [0.2, 0.25) is 0 Å². The Bertz CT molecular complexity index is 1130. The summed E-state index contributed by atoms with van der Waals surface area (Å²) in [6.07, 6.45) is 0. The SMILES string of the molecule is [CH2]C(c1c(C)n(C)c2ccc(S(=O)(=O)c3cccc(OC)c3)cc12)C(C)(C)C. The van der Waals surface area contributed by atoms with E-state index in [9.17, 15) is 8.42 Å². The lowest BCUT2D eigenvalue weighted by Gasteiger charge is -2.28. The van der Waals surface area contributed by atoms with Crippen molar-refractivity contribution in [2.24, 2.45) is 12.5 Å². The minimum atomic E-state index is -3.65. The minimum Gasteiger partial charge on any atom is -0.497 e. The molecule has 28 heavy (non-hydrogen) atoms. The van der Waals surface area contributed by atoms with Gasteiger partial charge in [-0.25, -0.2) is 8.42 Å². The Morgan fingerprint density at radius 3 is 2.32 bits per heavy atom. The molecule has 0 aliphatic heterocycles. The first-order valence-electron chi connectivity index (χ1n) is 9.29. The summed E-state index contributed by atoms with van der Waals surface area (Å²) < 4.78 is 33.8. The van der Waals surface area contributed by atoms with E-state index in [1.54, 1.807) is 36.4 Å². The lowest BCUT2D eigenvalue weighted by molar-refractivity contribution is 0.364. The first-order chi connectivity index (χ1) is 13.0. The second-order valence-electron chi connectivity index (χ2n) is 8.34. The summed E-state index contributed by atoms with van der Waals surface area (Å²) in [4.78, 5) is 0.503. The lowest BCUT2D eigenvalue weighted by Crippen LogP contribution is -2.16. The molecule has 1 heterocycles. The number of rotatable bonds is 4. The Morgan fingerprint density at radius 1 is 1.07 bits per heavy atom. The molecule has 3 aromatic rings. The summed E-state index contributed by atoms with van der Waals surface area (Å²) >= 11 is 0. The fraction of sp³-hybridized carbons (Fsp3) is 0.348. The second kappa shape index (κ2) is 6.96. The van der Waals surface area contributed by atoms with Gasteiger partial charge < -0.3 is 9.30 Å². The highest BCUT2D eigenvalue weighted by Crippen LogP contribution is 2.41. The van der Waals surface area contributed by atoms with Gasteiger partial charge in [-0.05, 0) is 67.1 Å². The summed E-state index contributed by atoms with van der Waals surface area (Å²) in [7, 11) is -0.122. The molecule has 0 N–H and O–H groups in total. The normalized spacial score (nSPS) is 13.7. The van der Waals surface area contributed by atoms with Crippen molar-refractivity contribution in [3.05, 3.63) is 60.6 Å². The summed E-state index contributed by atoms with van der Waals surface area (Å²) in [6.45, 7) is 12.9. The number of aromatic nitrogens is 1. The molecule has 1 unspecified atom stereocenters. The Morgan fingerprint density at radius 2 is 1.71 bits per heavy atom. The second-order valence-corrected chi connectivity index (χ2v) is 10.3. The highest BCUT2D eigenvalue weighted by molar-refractivity contribution is 7.91. The predicted octanol–water partition coefficient (Wildman–Crippen LogP) is 5.29. The number of methoxy groups -OCH3 is 1. The third-order valence-electron chi connectivity index (χ3n) is 5.57. The molecular formula is C23H28NO3S. The van der Waals surface area contributed by atoms with Crippen LogP contribution in [-0.4, -0.2) is 20.1 Å². The van der Waals surface area contributed by atoms with Crippen molar-refractivity contribution in [1.82, 2.24) is 4.57 Å². The van der Waals surface area contributed by atoms with Crippen molar-refractivity contribution in [2.45, 2.75) is 43.4 Å². The van der Waals surface area contributed by atoms with Crippen LogP contribution in [0.1, 0.15) is 37.9 Å². The molecule has 0 aliphatic carbocycles. The molecular weight excluding hydrogens is 370 g/mol. The van der Waals surface area contributed by atoms with Crippen molar-refractivity contribution in [1.29, 1.82) is 0 Å². The maximum absolute atomic E-state index is 13.2. The molecule has 0 aliphatic rings. The molecule has 3 rings (SSSR count). The van der Waals surface area contributed by atoms with Gasteiger partial charge in [0.25, 0.3) is 0 Å². The molecule has 0 spiro atoms.